The van der Waals surface area contributed by atoms with Crippen LogP contribution in [0.1, 0.15) is 0 Å². The van der Waals surface area contributed by atoms with Crippen molar-refractivity contribution in [1.82, 2.24) is 49.8 Å². The first-order valence-corrected chi connectivity index (χ1v) is 19.3. The van der Waals surface area contributed by atoms with Crippen LogP contribution in [0, 0.1) is 0 Å². The van der Waals surface area contributed by atoms with E-state index in [0.717, 1.165) is 56.4 Å². The van der Waals surface area contributed by atoms with Crippen LogP contribution in [0.25, 0.3) is 102 Å². The monoisotopic (exact) mass is 772 g/mol. The summed E-state index contributed by atoms with van der Waals surface area (Å²) in [4.78, 5) is 48.6. The van der Waals surface area contributed by atoms with Gasteiger partial charge in [-0.1, -0.05) is 36.4 Å². The molecule has 0 unspecified atom stereocenters. The number of pyridine rings is 10. The molecule has 0 atom stereocenters. The van der Waals surface area contributed by atoms with Crippen LogP contribution >= 0.6 is 0 Å². The highest BCUT2D eigenvalue weighted by Crippen LogP contribution is 2.37. The Labute approximate surface area is 345 Å². The molecule has 0 fully saturated rings. The zero-order chi connectivity index (χ0) is 40.1. The van der Waals surface area contributed by atoms with Crippen LogP contribution in [0.15, 0.2) is 195 Å². The summed E-state index contributed by atoms with van der Waals surface area (Å²) < 4.78 is 0. The van der Waals surface area contributed by atoms with Crippen LogP contribution in [0.5, 0.6) is 0 Å². The normalized spacial score (nSPS) is 11.0. The molecule has 60 heavy (non-hydrogen) atoms. The minimum Gasteiger partial charge on any atom is -0.255 e. The summed E-state index contributed by atoms with van der Waals surface area (Å²) in [5.41, 5.74) is 13.5. The van der Waals surface area contributed by atoms with E-state index in [-0.39, 0.29) is 0 Å². The minimum atomic E-state index is 0.695. The van der Waals surface area contributed by atoms with Gasteiger partial charge in [0.25, 0.3) is 0 Å². The quantitative estimate of drug-likeness (QED) is 0.140. The summed E-state index contributed by atoms with van der Waals surface area (Å²) in [6.45, 7) is 0. The fourth-order valence-electron chi connectivity index (χ4n) is 6.92. The molecule has 10 aromatic rings. The van der Waals surface area contributed by atoms with Crippen molar-refractivity contribution in [1.29, 1.82) is 0 Å². The van der Waals surface area contributed by atoms with Crippen molar-refractivity contribution in [2.75, 3.05) is 0 Å². The van der Waals surface area contributed by atoms with E-state index in [0.29, 0.717) is 45.6 Å². The Morgan fingerprint density at radius 2 is 0.383 bits per heavy atom. The van der Waals surface area contributed by atoms with Crippen molar-refractivity contribution < 1.29 is 0 Å². The molecule has 10 heteroatoms. The van der Waals surface area contributed by atoms with Crippen molar-refractivity contribution >= 4 is 0 Å². The minimum absolute atomic E-state index is 0.695. The summed E-state index contributed by atoms with van der Waals surface area (Å²) in [6.07, 6.45) is 10.6. The molecule has 0 N–H and O–H groups in total. The Morgan fingerprint density at radius 1 is 0.183 bits per heavy atom. The molecular weight excluding hydrogens is 741 g/mol. The predicted octanol–water partition coefficient (Wildman–Crippen LogP) is 10.6. The molecule has 0 aliphatic carbocycles. The van der Waals surface area contributed by atoms with Crippen molar-refractivity contribution in [3.8, 4) is 102 Å². The maximum Gasteiger partial charge on any atom is 0.0901 e. The van der Waals surface area contributed by atoms with Gasteiger partial charge in [-0.25, -0.2) is 19.9 Å². The topological polar surface area (TPSA) is 129 Å². The largest absolute Gasteiger partial charge is 0.255 e. The van der Waals surface area contributed by atoms with E-state index < -0.39 is 0 Å². The lowest BCUT2D eigenvalue weighted by Gasteiger charge is -2.15. The number of nitrogens with zero attached hydrogens (tertiary/aromatic N) is 10. The summed E-state index contributed by atoms with van der Waals surface area (Å²) in [6, 6.07) is 51.3. The van der Waals surface area contributed by atoms with E-state index in [9.17, 15) is 0 Å². The Kier molecular flexibility index (Phi) is 9.67. The van der Waals surface area contributed by atoms with Crippen molar-refractivity contribution in [3.05, 3.63) is 195 Å². The van der Waals surface area contributed by atoms with Gasteiger partial charge in [0.05, 0.1) is 79.7 Å². The second kappa shape index (κ2) is 16.2. The molecule has 10 rings (SSSR count). The van der Waals surface area contributed by atoms with Gasteiger partial charge in [0.15, 0.2) is 0 Å². The highest BCUT2D eigenvalue weighted by Gasteiger charge is 2.18. The number of rotatable bonds is 9. The summed E-state index contributed by atoms with van der Waals surface area (Å²) in [5.74, 6) is 0. The molecular formula is C50H32N10. The molecule has 10 heterocycles. The summed E-state index contributed by atoms with van der Waals surface area (Å²) >= 11 is 0. The van der Waals surface area contributed by atoms with E-state index in [2.05, 4.69) is 54.2 Å². The Hall–Kier alpha value is -8.50. The number of aromatic nitrogens is 10. The Bertz CT molecular complexity index is 2540. The third-order valence-electron chi connectivity index (χ3n) is 9.79. The molecule has 0 bridgehead atoms. The fraction of sp³-hybridized carbons (Fsp3) is 0. The molecule has 0 amide bonds. The van der Waals surface area contributed by atoms with Gasteiger partial charge in [0, 0.05) is 48.3 Å². The zero-order valence-electron chi connectivity index (χ0n) is 31.9. The lowest BCUT2D eigenvalue weighted by molar-refractivity contribution is 1.21. The van der Waals surface area contributed by atoms with Crippen molar-refractivity contribution in [2.24, 2.45) is 0 Å². The van der Waals surface area contributed by atoms with Crippen LogP contribution in [0.4, 0.5) is 0 Å². The first kappa shape index (κ1) is 35.9. The molecule has 0 aliphatic rings. The first-order chi connectivity index (χ1) is 29.7. The fourth-order valence-corrected chi connectivity index (χ4v) is 6.92. The molecule has 0 saturated heterocycles. The number of hydrogen-bond acceptors (Lipinski definition) is 10. The SMILES string of the molecule is c1ccc(-c2cc(-c3cc(-c4cc(-c5ccccn5)nc(-c5ccccn5)c4)nc(-c4cc(-c5ccccn5)nc(-c5ccccn5)c4)c3)cc(-c3ccccn3)n2)nc1. The number of hydrogen-bond donors (Lipinski definition) is 0. The standard InChI is InChI=1S/C50H32N10/c1-7-19-51-37(13-1)45-27-34(28-46(58-45)38-14-2-8-20-52-38)33-25-43(35-29-47(39-15-3-9-21-53-39)59-48(30-35)40-16-4-10-22-54-40)57-44(26-33)36-31-49(41-17-5-11-23-55-41)60-50(32-36)42-18-6-12-24-56-42/h1-32H. The highest BCUT2D eigenvalue weighted by atomic mass is 14.8. The third kappa shape index (κ3) is 7.63. The lowest BCUT2D eigenvalue weighted by atomic mass is 9.97. The first-order valence-electron chi connectivity index (χ1n) is 19.3. The van der Waals surface area contributed by atoms with Crippen LogP contribution < -0.4 is 0 Å². The maximum absolute atomic E-state index is 5.42. The van der Waals surface area contributed by atoms with Gasteiger partial charge < -0.3 is 0 Å². The van der Waals surface area contributed by atoms with Gasteiger partial charge in [-0.3, -0.25) is 29.9 Å². The van der Waals surface area contributed by atoms with Gasteiger partial charge >= 0.3 is 0 Å². The van der Waals surface area contributed by atoms with Crippen LogP contribution in [0.3, 0.4) is 0 Å². The van der Waals surface area contributed by atoms with Crippen LogP contribution in [-0.2, 0) is 0 Å². The molecule has 282 valence electrons. The molecule has 0 aliphatic heterocycles. The Balaban J connectivity index is 1.24. The zero-order valence-corrected chi connectivity index (χ0v) is 31.9. The van der Waals surface area contributed by atoms with Gasteiger partial charge in [-0.2, -0.15) is 0 Å². The average molecular weight is 773 g/mol. The van der Waals surface area contributed by atoms with Gasteiger partial charge in [-0.15, -0.1) is 0 Å². The van der Waals surface area contributed by atoms with E-state index in [1.165, 1.54) is 0 Å². The van der Waals surface area contributed by atoms with E-state index in [1.807, 2.05) is 133 Å². The van der Waals surface area contributed by atoms with Crippen molar-refractivity contribution in [2.45, 2.75) is 0 Å². The van der Waals surface area contributed by atoms with Gasteiger partial charge in [-0.05, 0) is 132 Å². The van der Waals surface area contributed by atoms with Crippen LogP contribution in [0.2, 0.25) is 0 Å². The smallest absolute Gasteiger partial charge is 0.0901 e. The second-order valence-corrected chi connectivity index (χ2v) is 13.8. The average Bonchev–Trinajstić information content (AvgIpc) is 3.35. The molecule has 0 aromatic carbocycles. The molecule has 10 aromatic heterocycles. The third-order valence-corrected chi connectivity index (χ3v) is 9.79. The van der Waals surface area contributed by atoms with E-state index in [4.69, 9.17) is 19.9 Å². The second-order valence-electron chi connectivity index (χ2n) is 13.8. The maximum atomic E-state index is 5.42. The van der Waals surface area contributed by atoms with E-state index >= 15 is 0 Å². The summed E-state index contributed by atoms with van der Waals surface area (Å²) in [7, 11) is 0. The molecule has 0 spiro atoms. The van der Waals surface area contributed by atoms with Crippen LogP contribution in [-0.4, -0.2) is 49.8 Å². The predicted molar refractivity (Wildman–Crippen MR) is 233 cm³/mol. The van der Waals surface area contributed by atoms with Gasteiger partial charge in [0.2, 0.25) is 0 Å². The molecule has 10 nitrogen and oxygen atoms in total. The van der Waals surface area contributed by atoms with Crippen molar-refractivity contribution in [3.63, 3.8) is 0 Å². The molecule has 0 saturated carbocycles. The highest BCUT2D eigenvalue weighted by molar-refractivity contribution is 5.83. The molecule has 0 radical (unpaired) electrons. The van der Waals surface area contributed by atoms with E-state index in [1.54, 1.807) is 37.2 Å². The van der Waals surface area contributed by atoms with Gasteiger partial charge in [0.1, 0.15) is 0 Å². The lowest BCUT2D eigenvalue weighted by Crippen LogP contribution is -1.98. The summed E-state index contributed by atoms with van der Waals surface area (Å²) in [5, 5.41) is 0. The Morgan fingerprint density at radius 3 is 0.600 bits per heavy atom.